The van der Waals surface area contributed by atoms with Crippen molar-refractivity contribution in [3.8, 4) is 0 Å². The summed E-state index contributed by atoms with van der Waals surface area (Å²) in [7, 11) is 0. The minimum atomic E-state index is -0.734. The van der Waals surface area contributed by atoms with Gasteiger partial charge in [0.2, 0.25) is 0 Å². The predicted molar refractivity (Wildman–Crippen MR) is 50.1 cm³/mol. The Morgan fingerprint density at radius 1 is 1.42 bits per heavy atom. The molecule has 0 aliphatic heterocycles. The lowest BCUT2D eigenvalue weighted by Gasteiger charge is -2.25. The molecule has 0 rings (SSSR count). The van der Waals surface area contributed by atoms with Gasteiger partial charge in [0.15, 0.2) is 0 Å². The van der Waals surface area contributed by atoms with Gasteiger partial charge in [0.05, 0.1) is 5.60 Å². The maximum absolute atomic E-state index is 10.8. The third-order valence-electron chi connectivity index (χ3n) is 2.23. The van der Waals surface area contributed by atoms with Gasteiger partial charge >= 0.3 is 0 Å². The van der Waals surface area contributed by atoms with E-state index < -0.39 is 5.60 Å². The number of carbonyl (C=O) groups is 1. The molecule has 0 aromatic carbocycles. The molecule has 0 fully saturated rings. The molecule has 0 saturated carbocycles. The zero-order valence-electron chi connectivity index (χ0n) is 8.39. The number of ketones is 1. The predicted octanol–water partition coefficient (Wildman–Crippen LogP) is 2.30. The Kier molecular flexibility index (Phi) is 5.14. The van der Waals surface area contributed by atoms with Crippen molar-refractivity contribution < 1.29 is 9.90 Å². The van der Waals surface area contributed by atoms with E-state index in [1.807, 2.05) is 6.92 Å². The quantitative estimate of drug-likeness (QED) is 0.667. The Balaban J connectivity index is 3.95. The highest BCUT2D eigenvalue weighted by Crippen LogP contribution is 2.22. The van der Waals surface area contributed by atoms with Crippen LogP contribution in [-0.2, 0) is 4.79 Å². The number of rotatable bonds is 6. The minimum absolute atomic E-state index is 0.0791. The van der Waals surface area contributed by atoms with E-state index in [1.165, 1.54) is 6.92 Å². The average Bonchev–Trinajstić information content (AvgIpc) is 2.00. The third-order valence-corrected chi connectivity index (χ3v) is 2.23. The Morgan fingerprint density at radius 2 is 2.00 bits per heavy atom. The molecule has 0 aromatic heterocycles. The summed E-state index contributed by atoms with van der Waals surface area (Å²) in [6.45, 7) is 5.55. The molecule has 12 heavy (non-hydrogen) atoms. The summed E-state index contributed by atoms with van der Waals surface area (Å²) >= 11 is 0. The SMILES string of the molecule is CCCCC(O)(CC)CC(C)=O. The zero-order chi connectivity index (χ0) is 9.61. The first-order chi connectivity index (χ1) is 5.54. The van der Waals surface area contributed by atoms with E-state index in [2.05, 4.69) is 6.92 Å². The third kappa shape index (κ3) is 4.50. The monoisotopic (exact) mass is 172 g/mol. The van der Waals surface area contributed by atoms with Crippen molar-refractivity contribution in [2.24, 2.45) is 0 Å². The molecule has 0 aromatic rings. The highest BCUT2D eigenvalue weighted by Gasteiger charge is 2.25. The van der Waals surface area contributed by atoms with E-state index in [9.17, 15) is 9.90 Å². The van der Waals surface area contributed by atoms with Crippen molar-refractivity contribution in [2.45, 2.75) is 58.5 Å². The number of carbonyl (C=O) groups excluding carboxylic acids is 1. The molecule has 0 heterocycles. The second-order valence-corrected chi connectivity index (χ2v) is 3.56. The topological polar surface area (TPSA) is 37.3 Å². The van der Waals surface area contributed by atoms with E-state index in [1.54, 1.807) is 0 Å². The molecule has 0 bridgehead atoms. The molecule has 2 heteroatoms. The average molecular weight is 172 g/mol. The molecule has 2 nitrogen and oxygen atoms in total. The minimum Gasteiger partial charge on any atom is -0.389 e. The first kappa shape index (κ1) is 11.6. The molecule has 0 aliphatic rings. The molecule has 0 aliphatic carbocycles. The van der Waals surface area contributed by atoms with E-state index in [0.717, 1.165) is 19.3 Å². The molecule has 0 spiro atoms. The van der Waals surface area contributed by atoms with Gasteiger partial charge < -0.3 is 5.11 Å². The fourth-order valence-electron chi connectivity index (χ4n) is 1.36. The van der Waals surface area contributed by atoms with Crippen LogP contribution in [0.3, 0.4) is 0 Å². The van der Waals surface area contributed by atoms with E-state index >= 15 is 0 Å². The lowest BCUT2D eigenvalue weighted by atomic mass is 9.89. The highest BCUT2D eigenvalue weighted by molar-refractivity contribution is 5.76. The molecular weight excluding hydrogens is 152 g/mol. The van der Waals surface area contributed by atoms with Crippen LogP contribution >= 0.6 is 0 Å². The molecule has 1 unspecified atom stereocenters. The summed E-state index contributed by atoms with van der Waals surface area (Å²) < 4.78 is 0. The van der Waals surface area contributed by atoms with Crippen LogP contribution in [0.1, 0.15) is 52.9 Å². The van der Waals surface area contributed by atoms with Crippen LogP contribution in [0.15, 0.2) is 0 Å². The lowest BCUT2D eigenvalue weighted by Crippen LogP contribution is -2.30. The van der Waals surface area contributed by atoms with Crippen molar-refractivity contribution in [1.82, 2.24) is 0 Å². The summed E-state index contributed by atoms with van der Waals surface area (Å²) in [6.07, 6.45) is 3.80. The number of unbranched alkanes of at least 4 members (excludes halogenated alkanes) is 1. The van der Waals surface area contributed by atoms with Crippen molar-refractivity contribution in [2.75, 3.05) is 0 Å². The number of hydrogen-bond donors (Lipinski definition) is 1. The van der Waals surface area contributed by atoms with Gasteiger partial charge in [-0.3, -0.25) is 4.79 Å². The molecule has 72 valence electrons. The van der Waals surface area contributed by atoms with Crippen LogP contribution in [0.25, 0.3) is 0 Å². The maximum atomic E-state index is 10.8. The van der Waals surface area contributed by atoms with Crippen LogP contribution in [-0.4, -0.2) is 16.5 Å². The van der Waals surface area contributed by atoms with Gasteiger partial charge in [-0.25, -0.2) is 0 Å². The smallest absolute Gasteiger partial charge is 0.132 e. The molecule has 0 saturated heterocycles. The molecular formula is C10H20O2. The van der Waals surface area contributed by atoms with Crippen molar-refractivity contribution in [3.63, 3.8) is 0 Å². The maximum Gasteiger partial charge on any atom is 0.132 e. The zero-order valence-corrected chi connectivity index (χ0v) is 8.39. The Hall–Kier alpha value is -0.370. The van der Waals surface area contributed by atoms with Crippen LogP contribution in [0.4, 0.5) is 0 Å². The van der Waals surface area contributed by atoms with Crippen molar-refractivity contribution >= 4 is 5.78 Å². The fourth-order valence-corrected chi connectivity index (χ4v) is 1.36. The van der Waals surface area contributed by atoms with E-state index in [4.69, 9.17) is 0 Å². The second-order valence-electron chi connectivity index (χ2n) is 3.56. The van der Waals surface area contributed by atoms with Gasteiger partial charge in [-0.1, -0.05) is 26.7 Å². The molecule has 1 atom stereocenters. The van der Waals surface area contributed by atoms with Crippen molar-refractivity contribution in [1.29, 1.82) is 0 Å². The Morgan fingerprint density at radius 3 is 2.33 bits per heavy atom. The summed E-state index contributed by atoms with van der Waals surface area (Å²) in [5.41, 5.74) is -0.734. The summed E-state index contributed by atoms with van der Waals surface area (Å²) in [5.74, 6) is 0.0791. The molecule has 0 radical (unpaired) electrons. The molecule has 0 amide bonds. The Labute approximate surface area is 75.0 Å². The number of aliphatic hydroxyl groups is 1. The summed E-state index contributed by atoms with van der Waals surface area (Å²) in [6, 6.07) is 0. The first-order valence-electron chi connectivity index (χ1n) is 4.76. The molecule has 1 N–H and O–H groups in total. The van der Waals surface area contributed by atoms with Crippen LogP contribution in [0.5, 0.6) is 0 Å². The fraction of sp³-hybridized carbons (Fsp3) is 0.900. The van der Waals surface area contributed by atoms with Gasteiger partial charge in [0, 0.05) is 6.42 Å². The van der Waals surface area contributed by atoms with Crippen LogP contribution in [0.2, 0.25) is 0 Å². The van der Waals surface area contributed by atoms with Gasteiger partial charge in [-0.15, -0.1) is 0 Å². The van der Waals surface area contributed by atoms with E-state index in [0.29, 0.717) is 12.8 Å². The van der Waals surface area contributed by atoms with Crippen LogP contribution in [0, 0.1) is 0 Å². The summed E-state index contributed by atoms with van der Waals surface area (Å²) in [5, 5.41) is 9.90. The van der Waals surface area contributed by atoms with Crippen molar-refractivity contribution in [3.05, 3.63) is 0 Å². The van der Waals surface area contributed by atoms with Gasteiger partial charge in [-0.05, 0) is 19.8 Å². The summed E-state index contributed by atoms with van der Waals surface area (Å²) in [4.78, 5) is 10.8. The Bertz CT molecular complexity index is 143. The highest BCUT2D eigenvalue weighted by atomic mass is 16.3. The largest absolute Gasteiger partial charge is 0.389 e. The van der Waals surface area contributed by atoms with Crippen LogP contribution < -0.4 is 0 Å². The first-order valence-corrected chi connectivity index (χ1v) is 4.76. The van der Waals surface area contributed by atoms with Gasteiger partial charge in [-0.2, -0.15) is 0 Å². The van der Waals surface area contributed by atoms with Gasteiger partial charge in [0.1, 0.15) is 5.78 Å². The van der Waals surface area contributed by atoms with E-state index in [-0.39, 0.29) is 5.78 Å². The standard InChI is InChI=1S/C10H20O2/c1-4-6-7-10(12,5-2)8-9(3)11/h12H,4-8H2,1-3H3. The second kappa shape index (κ2) is 5.31. The lowest BCUT2D eigenvalue weighted by molar-refractivity contribution is -0.122. The van der Waals surface area contributed by atoms with Gasteiger partial charge in [0.25, 0.3) is 0 Å². The number of hydrogen-bond acceptors (Lipinski definition) is 2. The normalized spacial score (nSPS) is 15.7. The number of Topliss-reactive ketones (excluding diaryl/α,β-unsaturated/α-hetero) is 1.